The molecule has 166 valence electrons. The van der Waals surface area contributed by atoms with Crippen molar-refractivity contribution in [3.8, 4) is 0 Å². The van der Waals surface area contributed by atoms with Crippen molar-refractivity contribution in [3.63, 3.8) is 0 Å². The Morgan fingerprint density at radius 2 is 1.65 bits per heavy atom. The first kappa shape index (κ1) is 22.2. The van der Waals surface area contributed by atoms with Crippen LogP contribution in [0.3, 0.4) is 0 Å². The summed E-state index contributed by atoms with van der Waals surface area (Å²) in [6.45, 7) is 0.295. The Hall–Kier alpha value is -2.03. The summed E-state index contributed by atoms with van der Waals surface area (Å²) in [4.78, 5) is 12.6. The fourth-order valence-electron chi connectivity index (χ4n) is 3.99. The van der Waals surface area contributed by atoms with Gasteiger partial charge >= 0.3 is 0 Å². The minimum Gasteiger partial charge on any atom is -0.349 e. The average Bonchev–Trinajstić information content (AvgIpc) is 3.60. The lowest BCUT2D eigenvalue weighted by Crippen LogP contribution is -2.44. The second-order valence-corrected chi connectivity index (χ2v) is 10.5. The second-order valence-electron chi connectivity index (χ2n) is 8.13. The van der Waals surface area contributed by atoms with Crippen molar-refractivity contribution in [3.05, 3.63) is 64.7 Å². The molecule has 0 aromatic heterocycles. The van der Waals surface area contributed by atoms with Crippen molar-refractivity contribution in [2.75, 3.05) is 13.1 Å². The molecule has 0 bridgehead atoms. The molecule has 1 aliphatic carbocycles. The number of sulfonamides is 1. The number of piperidine rings is 1. The minimum absolute atomic E-state index is 0.0753. The molecule has 0 spiro atoms. The Morgan fingerprint density at radius 1 is 1.00 bits per heavy atom. The maximum atomic E-state index is 13.5. The van der Waals surface area contributed by atoms with E-state index >= 15 is 0 Å². The number of hydrogen-bond acceptors (Lipinski definition) is 3. The predicted molar refractivity (Wildman–Crippen MR) is 113 cm³/mol. The zero-order chi connectivity index (χ0) is 22.2. The summed E-state index contributed by atoms with van der Waals surface area (Å²) in [6, 6.07) is 9.92. The largest absolute Gasteiger partial charge is 0.349 e. The molecular weight excluding hydrogens is 446 g/mol. The third kappa shape index (κ3) is 4.91. The minimum atomic E-state index is -3.94. The van der Waals surface area contributed by atoms with Gasteiger partial charge in [0.25, 0.3) is 0 Å². The van der Waals surface area contributed by atoms with Crippen LogP contribution in [-0.4, -0.2) is 31.7 Å². The van der Waals surface area contributed by atoms with Crippen molar-refractivity contribution in [1.29, 1.82) is 0 Å². The molecule has 2 aliphatic rings. The summed E-state index contributed by atoms with van der Waals surface area (Å²) >= 11 is 5.97. The summed E-state index contributed by atoms with van der Waals surface area (Å²) in [7, 11) is -3.94. The molecule has 1 aliphatic heterocycles. The second kappa shape index (κ2) is 8.84. The molecule has 0 radical (unpaired) electrons. The summed E-state index contributed by atoms with van der Waals surface area (Å²) in [6.07, 6.45) is 2.84. The lowest BCUT2D eigenvalue weighted by Gasteiger charge is -2.31. The summed E-state index contributed by atoms with van der Waals surface area (Å²) < 4.78 is 53.3. The van der Waals surface area contributed by atoms with E-state index in [2.05, 4.69) is 5.32 Å². The first-order valence-corrected chi connectivity index (χ1v) is 12.1. The molecule has 1 atom stereocenters. The Balaban J connectivity index is 1.39. The number of hydrogen-bond donors (Lipinski definition) is 1. The van der Waals surface area contributed by atoms with E-state index in [4.69, 9.17) is 11.6 Å². The van der Waals surface area contributed by atoms with E-state index < -0.39 is 21.7 Å². The van der Waals surface area contributed by atoms with Crippen LogP contribution in [0.2, 0.25) is 5.02 Å². The quantitative estimate of drug-likeness (QED) is 0.687. The molecule has 1 amide bonds. The number of nitrogens with one attached hydrogen (secondary N) is 1. The third-order valence-corrected chi connectivity index (χ3v) is 8.12. The van der Waals surface area contributed by atoms with E-state index in [1.807, 2.05) is 12.1 Å². The van der Waals surface area contributed by atoms with Crippen LogP contribution in [0.25, 0.3) is 0 Å². The number of carbonyl (C=O) groups excluding carboxylic acids is 1. The summed E-state index contributed by atoms with van der Waals surface area (Å²) in [5, 5.41) is 3.78. The standard InChI is InChI=1S/C22H23ClF2N2O3S/c23-17-5-3-15(4-6-17)21(14-1-2-14)26-22(28)16-9-11-27(12-10-16)31(29,30)18-7-8-19(24)20(25)13-18/h3-8,13-14,16,21H,1-2,9-12H2,(H,26,28)/t21-/m1/s1. The third-order valence-electron chi connectivity index (χ3n) is 5.97. The topological polar surface area (TPSA) is 66.5 Å². The maximum Gasteiger partial charge on any atom is 0.243 e. The van der Waals surface area contributed by atoms with Gasteiger partial charge in [-0.2, -0.15) is 4.31 Å². The van der Waals surface area contributed by atoms with Gasteiger partial charge in [0.05, 0.1) is 10.9 Å². The first-order chi connectivity index (χ1) is 14.8. The fraction of sp³-hybridized carbons (Fsp3) is 0.409. The molecule has 1 saturated heterocycles. The van der Waals surface area contributed by atoms with Crippen LogP contribution in [0.4, 0.5) is 8.78 Å². The number of amides is 1. The number of halogens is 3. The molecule has 2 fully saturated rings. The van der Waals surface area contributed by atoms with Gasteiger partial charge in [0.2, 0.25) is 15.9 Å². The molecule has 5 nitrogen and oxygen atoms in total. The molecule has 4 rings (SSSR count). The monoisotopic (exact) mass is 468 g/mol. The fourth-order valence-corrected chi connectivity index (χ4v) is 5.60. The highest BCUT2D eigenvalue weighted by atomic mass is 35.5. The molecule has 2 aromatic carbocycles. The molecule has 1 heterocycles. The van der Waals surface area contributed by atoms with Crippen molar-refractivity contribution in [1.82, 2.24) is 9.62 Å². The molecule has 2 aromatic rings. The highest BCUT2D eigenvalue weighted by Crippen LogP contribution is 2.41. The highest BCUT2D eigenvalue weighted by Gasteiger charge is 2.37. The summed E-state index contributed by atoms with van der Waals surface area (Å²) in [5.74, 6) is -2.29. The van der Waals surface area contributed by atoms with Crippen molar-refractivity contribution in [2.24, 2.45) is 11.8 Å². The first-order valence-electron chi connectivity index (χ1n) is 10.3. The van der Waals surface area contributed by atoms with Crippen LogP contribution in [0.15, 0.2) is 47.4 Å². The van der Waals surface area contributed by atoms with Crippen LogP contribution >= 0.6 is 11.6 Å². The van der Waals surface area contributed by atoms with Gasteiger partial charge in [-0.25, -0.2) is 17.2 Å². The van der Waals surface area contributed by atoms with E-state index in [1.165, 1.54) is 4.31 Å². The average molecular weight is 469 g/mol. The lowest BCUT2D eigenvalue weighted by atomic mass is 9.95. The normalized spacial score (nSPS) is 19.2. The zero-order valence-electron chi connectivity index (χ0n) is 16.7. The van der Waals surface area contributed by atoms with Crippen molar-refractivity contribution >= 4 is 27.5 Å². The zero-order valence-corrected chi connectivity index (χ0v) is 18.3. The Kier molecular flexibility index (Phi) is 6.32. The Morgan fingerprint density at radius 3 is 2.23 bits per heavy atom. The number of carbonyl (C=O) groups is 1. The van der Waals surface area contributed by atoms with Gasteiger partial charge < -0.3 is 5.32 Å². The highest BCUT2D eigenvalue weighted by molar-refractivity contribution is 7.89. The molecule has 1 saturated carbocycles. The van der Waals surface area contributed by atoms with E-state index in [0.717, 1.165) is 30.5 Å². The van der Waals surface area contributed by atoms with Crippen LogP contribution < -0.4 is 5.32 Å². The van der Waals surface area contributed by atoms with Gasteiger partial charge in [-0.15, -0.1) is 0 Å². The van der Waals surface area contributed by atoms with Gasteiger partial charge in [-0.05, 0) is 67.5 Å². The Labute approximate surface area is 185 Å². The number of rotatable bonds is 6. The molecule has 1 N–H and O–H groups in total. The molecule has 9 heteroatoms. The van der Waals surface area contributed by atoms with Crippen LogP contribution in [0, 0.1) is 23.5 Å². The molecule has 31 heavy (non-hydrogen) atoms. The van der Waals surface area contributed by atoms with E-state index in [9.17, 15) is 22.0 Å². The van der Waals surface area contributed by atoms with Gasteiger partial charge in [-0.3, -0.25) is 4.79 Å². The molecule has 0 unspecified atom stereocenters. The maximum absolute atomic E-state index is 13.5. The van der Waals surface area contributed by atoms with Crippen molar-refractivity contribution < 1.29 is 22.0 Å². The number of nitrogens with zero attached hydrogens (tertiary/aromatic N) is 1. The number of benzene rings is 2. The van der Waals surface area contributed by atoms with Gasteiger partial charge in [0, 0.05) is 24.0 Å². The van der Waals surface area contributed by atoms with Crippen LogP contribution in [0.1, 0.15) is 37.3 Å². The van der Waals surface area contributed by atoms with Crippen molar-refractivity contribution in [2.45, 2.75) is 36.6 Å². The smallest absolute Gasteiger partial charge is 0.243 e. The van der Waals surface area contributed by atoms with Gasteiger partial charge in [0.15, 0.2) is 11.6 Å². The lowest BCUT2D eigenvalue weighted by molar-refractivity contribution is -0.127. The van der Waals surface area contributed by atoms with Crippen LogP contribution in [0.5, 0.6) is 0 Å². The Bertz CT molecular complexity index is 1070. The van der Waals surface area contributed by atoms with E-state index in [0.29, 0.717) is 29.8 Å². The molecular formula is C22H23ClF2N2O3S. The van der Waals surface area contributed by atoms with Gasteiger partial charge in [0.1, 0.15) is 0 Å². The van der Waals surface area contributed by atoms with E-state index in [-0.39, 0.29) is 35.9 Å². The SMILES string of the molecule is O=C(N[C@@H](c1ccc(Cl)cc1)C1CC1)C1CCN(S(=O)(=O)c2ccc(F)c(F)c2)CC1. The summed E-state index contributed by atoms with van der Waals surface area (Å²) in [5.41, 5.74) is 1.01. The van der Waals surface area contributed by atoms with Crippen LogP contribution in [-0.2, 0) is 14.8 Å². The van der Waals surface area contributed by atoms with E-state index in [1.54, 1.807) is 12.1 Å². The van der Waals surface area contributed by atoms with Gasteiger partial charge in [-0.1, -0.05) is 23.7 Å². The predicted octanol–water partition coefficient (Wildman–Crippen LogP) is 4.29.